The van der Waals surface area contributed by atoms with Crippen LogP contribution in [0.3, 0.4) is 0 Å². The molecule has 1 aliphatic carbocycles. The maximum absolute atomic E-state index is 12.4. The molecule has 1 heterocycles. The SMILES string of the molecule is O=C(O)C1c2ccccc2CCN1C(=O)COC1CCCC1. The van der Waals surface area contributed by atoms with Gasteiger partial charge in [-0.2, -0.15) is 0 Å². The largest absolute Gasteiger partial charge is 0.479 e. The smallest absolute Gasteiger partial charge is 0.331 e. The zero-order valence-electron chi connectivity index (χ0n) is 12.5. The van der Waals surface area contributed by atoms with Crippen LogP contribution in [-0.4, -0.2) is 41.1 Å². The molecule has 118 valence electrons. The van der Waals surface area contributed by atoms with Gasteiger partial charge in [0.05, 0.1) is 6.10 Å². The molecule has 0 spiro atoms. The van der Waals surface area contributed by atoms with E-state index in [0.717, 1.165) is 36.8 Å². The normalized spacial score (nSPS) is 21.6. The van der Waals surface area contributed by atoms with Gasteiger partial charge in [0.1, 0.15) is 6.61 Å². The number of carboxylic acids is 1. The Hall–Kier alpha value is -1.88. The molecule has 0 bridgehead atoms. The molecule has 5 heteroatoms. The maximum atomic E-state index is 12.4. The lowest BCUT2D eigenvalue weighted by molar-refractivity contribution is -0.154. The molecule has 1 aromatic carbocycles. The first-order valence-electron chi connectivity index (χ1n) is 7.88. The molecule has 5 nitrogen and oxygen atoms in total. The summed E-state index contributed by atoms with van der Waals surface area (Å²) in [6.45, 7) is 0.414. The Labute approximate surface area is 129 Å². The van der Waals surface area contributed by atoms with Crippen molar-refractivity contribution in [2.75, 3.05) is 13.2 Å². The summed E-state index contributed by atoms with van der Waals surface area (Å²) in [6.07, 6.45) is 5.14. The molecule has 1 fully saturated rings. The van der Waals surface area contributed by atoms with Gasteiger partial charge in [-0.1, -0.05) is 37.1 Å². The van der Waals surface area contributed by atoms with E-state index in [1.807, 2.05) is 18.2 Å². The highest BCUT2D eigenvalue weighted by Gasteiger charge is 2.35. The molecule has 2 aliphatic rings. The molecule has 1 aliphatic heterocycles. The number of benzene rings is 1. The van der Waals surface area contributed by atoms with Gasteiger partial charge in [0.2, 0.25) is 5.91 Å². The Bertz CT molecular complexity index is 566. The van der Waals surface area contributed by atoms with E-state index in [2.05, 4.69) is 0 Å². The second kappa shape index (κ2) is 6.48. The lowest BCUT2D eigenvalue weighted by atomic mass is 9.92. The van der Waals surface area contributed by atoms with Gasteiger partial charge < -0.3 is 14.7 Å². The Morgan fingerprint density at radius 2 is 1.95 bits per heavy atom. The Kier molecular flexibility index (Phi) is 4.43. The number of ether oxygens (including phenoxy) is 1. The quantitative estimate of drug-likeness (QED) is 0.925. The zero-order valence-corrected chi connectivity index (χ0v) is 12.5. The van der Waals surface area contributed by atoms with Crippen molar-refractivity contribution in [1.29, 1.82) is 0 Å². The van der Waals surface area contributed by atoms with E-state index >= 15 is 0 Å². The predicted molar refractivity (Wildman–Crippen MR) is 80.4 cm³/mol. The van der Waals surface area contributed by atoms with Crippen molar-refractivity contribution < 1.29 is 19.4 Å². The van der Waals surface area contributed by atoms with E-state index in [1.165, 1.54) is 4.90 Å². The first kappa shape index (κ1) is 15.0. The molecule has 1 atom stereocenters. The number of carbonyl (C=O) groups excluding carboxylic acids is 1. The monoisotopic (exact) mass is 303 g/mol. The van der Waals surface area contributed by atoms with Gasteiger partial charge in [-0.3, -0.25) is 4.79 Å². The molecule has 1 unspecified atom stereocenters. The number of hydrogen-bond acceptors (Lipinski definition) is 3. The number of carboxylic acid groups (broad SMARTS) is 1. The van der Waals surface area contributed by atoms with Gasteiger partial charge in [-0.25, -0.2) is 4.79 Å². The number of rotatable bonds is 4. The van der Waals surface area contributed by atoms with Gasteiger partial charge in [-0.15, -0.1) is 0 Å². The van der Waals surface area contributed by atoms with Crippen LogP contribution in [0.15, 0.2) is 24.3 Å². The second-order valence-corrected chi connectivity index (χ2v) is 5.99. The minimum Gasteiger partial charge on any atom is -0.479 e. The summed E-state index contributed by atoms with van der Waals surface area (Å²) in [5, 5.41) is 9.55. The van der Waals surface area contributed by atoms with Crippen LogP contribution in [0.4, 0.5) is 0 Å². The third-order valence-corrected chi connectivity index (χ3v) is 4.58. The third kappa shape index (κ3) is 2.99. The summed E-state index contributed by atoms with van der Waals surface area (Å²) < 4.78 is 5.65. The highest BCUT2D eigenvalue weighted by molar-refractivity contribution is 5.86. The Morgan fingerprint density at radius 3 is 2.68 bits per heavy atom. The molecule has 1 N–H and O–H groups in total. The van der Waals surface area contributed by atoms with E-state index in [-0.39, 0.29) is 18.6 Å². The maximum Gasteiger partial charge on any atom is 0.331 e. The lowest BCUT2D eigenvalue weighted by Gasteiger charge is -2.34. The van der Waals surface area contributed by atoms with E-state index < -0.39 is 12.0 Å². The molecule has 0 saturated heterocycles. The van der Waals surface area contributed by atoms with E-state index in [4.69, 9.17) is 4.74 Å². The fraction of sp³-hybridized carbons (Fsp3) is 0.529. The highest BCUT2D eigenvalue weighted by Crippen LogP contribution is 2.30. The van der Waals surface area contributed by atoms with Crippen LogP contribution < -0.4 is 0 Å². The third-order valence-electron chi connectivity index (χ3n) is 4.58. The number of aliphatic carboxylic acids is 1. The summed E-state index contributed by atoms with van der Waals surface area (Å²) in [6, 6.07) is 6.55. The van der Waals surface area contributed by atoms with Crippen LogP contribution in [0.25, 0.3) is 0 Å². The number of carbonyl (C=O) groups is 2. The molecule has 1 amide bonds. The fourth-order valence-corrected chi connectivity index (χ4v) is 3.43. The van der Waals surface area contributed by atoms with Crippen LogP contribution in [0.2, 0.25) is 0 Å². The average molecular weight is 303 g/mol. The molecule has 3 rings (SSSR count). The highest BCUT2D eigenvalue weighted by atomic mass is 16.5. The van der Waals surface area contributed by atoms with Crippen LogP contribution in [0, 0.1) is 0 Å². The van der Waals surface area contributed by atoms with Crippen molar-refractivity contribution in [1.82, 2.24) is 4.90 Å². The first-order chi connectivity index (χ1) is 10.7. The zero-order chi connectivity index (χ0) is 15.5. The van der Waals surface area contributed by atoms with Crippen LogP contribution >= 0.6 is 0 Å². The molecule has 0 radical (unpaired) electrons. The number of fused-ring (bicyclic) bond motifs is 1. The standard InChI is InChI=1S/C17H21NO4/c19-15(11-22-13-6-2-3-7-13)18-10-9-12-5-1-4-8-14(12)16(18)17(20)21/h1,4-5,8,13,16H,2-3,6-7,9-11H2,(H,20,21). The summed E-state index contributed by atoms with van der Waals surface area (Å²) in [4.78, 5) is 25.5. The van der Waals surface area contributed by atoms with Crippen LogP contribution in [0.1, 0.15) is 42.9 Å². The van der Waals surface area contributed by atoms with E-state index in [0.29, 0.717) is 13.0 Å². The molecular weight excluding hydrogens is 282 g/mol. The topological polar surface area (TPSA) is 66.8 Å². The molecule has 22 heavy (non-hydrogen) atoms. The van der Waals surface area contributed by atoms with Crippen molar-refractivity contribution in [2.24, 2.45) is 0 Å². The summed E-state index contributed by atoms with van der Waals surface area (Å²) in [5.74, 6) is -1.21. The van der Waals surface area contributed by atoms with Gasteiger partial charge >= 0.3 is 5.97 Å². The second-order valence-electron chi connectivity index (χ2n) is 5.99. The molecule has 1 aromatic rings. The molecular formula is C17H21NO4. The Balaban J connectivity index is 1.72. The van der Waals surface area contributed by atoms with Crippen molar-refractivity contribution in [3.05, 3.63) is 35.4 Å². The molecule has 1 saturated carbocycles. The number of nitrogens with zero attached hydrogens (tertiary/aromatic N) is 1. The van der Waals surface area contributed by atoms with Gasteiger partial charge in [0.15, 0.2) is 6.04 Å². The van der Waals surface area contributed by atoms with Gasteiger partial charge in [0.25, 0.3) is 0 Å². The average Bonchev–Trinajstić information content (AvgIpc) is 3.04. The summed E-state index contributed by atoms with van der Waals surface area (Å²) in [5.41, 5.74) is 1.73. The van der Waals surface area contributed by atoms with Gasteiger partial charge in [0, 0.05) is 6.54 Å². The number of amides is 1. The van der Waals surface area contributed by atoms with Crippen molar-refractivity contribution in [3.63, 3.8) is 0 Å². The Morgan fingerprint density at radius 1 is 1.23 bits per heavy atom. The van der Waals surface area contributed by atoms with E-state index in [9.17, 15) is 14.7 Å². The van der Waals surface area contributed by atoms with Gasteiger partial charge in [-0.05, 0) is 30.4 Å². The van der Waals surface area contributed by atoms with Crippen molar-refractivity contribution >= 4 is 11.9 Å². The molecule has 0 aromatic heterocycles. The van der Waals surface area contributed by atoms with E-state index in [1.54, 1.807) is 6.07 Å². The lowest BCUT2D eigenvalue weighted by Crippen LogP contribution is -2.45. The predicted octanol–water partition coefficient (Wildman–Crippen LogP) is 2.16. The summed E-state index contributed by atoms with van der Waals surface area (Å²) in [7, 11) is 0. The van der Waals surface area contributed by atoms with Crippen molar-refractivity contribution in [2.45, 2.75) is 44.2 Å². The summed E-state index contributed by atoms with van der Waals surface area (Å²) >= 11 is 0. The first-order valence-corrected chi connectivity index (χ1v) is 7.88. The van der Waals surface area contributed by atoms with Crippen molar-refractivity contribution in [3.8, 4) is 0 Å². The number of hydrogen-bond donors (Lipinski definition) is 1. The minimum absolute atomic E-state index is 0.0172. The fourth-order valence-electron chi connectivity index (χ4n) is 3.43. The van der Waals surface area contributed by atoms with Crippen LogP contribution in [0.5, 0.6) is 0 Å². The van der Waals surface area contributed by atoms with Crippen LogP contribution in [-0.2, 0) is 20.7 Å². The minimum atomic E-state index is -0.985.